The van der Waals surface area contributed by atoms with Gasteiger partial charge in [0.15, 0.2) is 0 Å². The number of β-amino-alcohol motifs (C(OH)–C–C–N with tert-alkyl or cyclic N) is 1. The van der Waals surface area contributed by atoms with Gasteiger partial charge in [-0.25, -0.2) is 0 Å². The number of amides is 1. The van der Waals surface area contributed by atoms with Crippen LogP contribution in [0, 0.1) is 6.92 Å². The van der Waals surface area contributed by atoms with Crippen molar-refractivity contribution >= 4 is 5.91 Å². The number of aliphatic hydroxyl groups is 1. The molecule has 6 heteroatoms. The molecule has 1 fully saturated rings. The number of rotatable bonds is 6. The highest BCUT2D eigenvalue weighted by Gasteiger charge is 2.29. The summed E-state index contributed by atoms with van der Waals surface area (Å²) in [6.07, 6.45) is -0.707. The molecule has 2 atom stereocenters. The van der Waals surface area contributed by atoms with E-state index in [0.29, 0.717) is 19.7 Å². The number of ether oxygens (including phenoxy) is 2. The van der Waals surface area contributed by atoms with E-state index in [0.717, 1.165) is 11.3 Å². The number of primary amides is 1. The fraction of sp³-hybridized carbons (Fsp3) is 0.632. The molecule has 3 N–H and O–H groups in total. The lowest BCUT2D eigenvalue weighted by atomic mass is 9.86. The van der Waals surface area contributed by atoms with Crippen molar-refractivity contribution in [2.45, 2.75) is 45.3 Å². The maximum absolute atomic E-state index is 11.5. The molecule has 0 aromatic heterocycles. The van der Waals surface area contributed by atoms with Gasteiger partial charge >= 0.3 is 0 Å². The Hall–Kier alpha value is -1.63. The first kappa shape index (κ1) is 19.7. The zero-order valence-corrected chi connectivity index (χ0v) is 15.6. The van der Waals surface area contributed by atoms with Crippen LogP contribution in [0.5, 0.6) is 5.75 Å². The normalized spacial score (nSPS) is 20.3. The monoisotopic (exact) mass is 350 g/mol. The molecular weight excluding hydrogens is 320 g/mol. The Balaban J connectivity index is 1.91. The second-order valence-corrected chi connectivity index (χ2v) is 7.68. The van der Waals surface area contributed by atoms with Gasteiger partial charge in [0.1, 0.15) is 24.5 Å². The van der Waals surface area contributed by atoms with Crippen molar-refractivity contribution in [1.82, 2.24) is 4.90 Å². The van der Waals surface area contributed by atoms with E-state index in [1.54, 1.807) is 0 Å². The van der Waals surface area contributed by atoms with Crippen LogP contribution >= 0.6 is 0 Å². The van der Waals surface area contributed by atoms with E-state index in [-0.39, 0.29) is 18.6 Å². The van der Waals surface area contributed by atoms with Crippen LogP contribution in [-0.4, -0.2) is 61.0 Å². The van der Waals surface area contributed by atoms with E-state index < -0.39 is 18.1 Å². The van der Waals surface area contributed by atoms with Crippen molar-refractivity contribution < 1.29 is 19.4 Å². The number of benzene rings is 1. The summed E-state index contributed by atoms with van der Waals surface area (Å²) in [6.45, 7) is 10.4. The Bertz CT molecular complexity index is 598. The van der Waals surface area contributed by atoms with E-state index in [1.807, 2.05) is 17.9 Å². The Labute approximate surface area is 149 Å². The molecule has 140 valence electrons. The molecule has 0 aliphatic carbocycles. The highest BCUT2D eigenvalue weighted by molar-refractivity contribution is 5.80. The Kier molecular flexibility index (Phi) is 6.43. The predicted octanol–water partition coefficient (Wildman–Crippen LogP) is 1.22. The van der Waals surface area contributed by atoms with Gasteiger partial charge in [0.25, 0.3) is 0 Å². The van der Waals surface area contributed by atoms with Crippen molar-refractivity contribution in [3.63, 3.8) is 0 Å². The zero-order valence-electron chi connectivity index (χ0n) is 15.6. The molecule has 6 nitrogen and oxygen atoms in total. The minimum absolute atomic E-state index is 0.0862. The van der Waals surface area contributed by atoms with Crippen LogP contribution in [-0.2, 0) is 14.9 Å². The predicted molar refractivity (Wildman–Crippen MR) is 96.8 cm³/mol. The molecule has 2 unspecified atom stereocenters. The minimum atomic E-state index is -0.707. The van der Waals surface area contributed by atoms with Gasteiger partial charge in [-0.15, -0.1) is 0 Å². The van der Waals surface area contributed by atoms with Crippen LogP contribution in [0.4, 0.5) is 0 Å². The lowest BCUT2D eigenvalue weighted by molar-refractivity contribution is -0.130. The molecule has 1 aromatic carbocycles. The number of aryl methyl sites for hydroxylation is 1. The third-order valence-corrected chi connectivity index (χ3v) is 4.49. The molecule has 2 rings (SSSR count). The molecule has 1 heterocycles. The number of hydrogen-bond acceptors (Lipinski definition) is 5. The molecular formula is C19H30N2O4. The van der Waals surface area contributed by atoms with Crippen LogP contribution in [0.15, 0.2) is 18.2 Å². The Morgan fingerprint density at radius 1 is 1.48 bits per heavy atom. The summed E-state index contributed by atoms with van der Waals surface area (Å²) in [5.74, 6) is 0.335. The molecule has 0 bridgehead atoms. The third kappa shape index (κ3) is 5.42. The van der Waals surface area contributed by atoms with Crippen LogP contribution in [0.2, 0.25) is 0 Å². The number of aliphatic hydroxyl groups excluding tert-OH is 1. The van der Waals surface area contributed by atoms with Crippen molar-refractivity contribution in [3.8, 4) is 5.75 Å². The molecule has 1 aliphatic heterocycles. The standard InChI is InChI=1S/C19H30N2O4/c1-13-9-14(19(2,3)4)5-6-17(13)25-11-15(22)10-21-7-8-24-12-16(21)18(20)23/h5-6,9,15-16,22H,7-8,10-12H2,1-4H3,(H2,20,23). The van der Waals surface area contributed by atoms with Crippen molar-refractivity contribution in [2.24, 2.45) is 5.73 Å². The quantitative estimate of drug-likeness (QED) is 0.806. The number of carbonyl (C=O) groups excluding carboxylic acids is 1. The summed E-state index contributed by atoms with van der Waals surface area (Å²) < 4.78 is 11.1. The summed E-state index contributed by atoms with van der Waals surface area (Å²) in [6, 6.07) is 5.63. The number of morpholine rings is 1. The summed E-state index contributed by atoms with van der Waals surface area (Å²) in [5, 5.41) is 10.3. The van der Waals surface area contributed by atoms with Crippen LogP contribution in [0.3, 0.4) is 0 Å². The SMILES string of the molecule is Cc1cc(C(C)(C)C)ccc1OCC(O)CN1CCOCC1C(N)=O. The second-order valence-electron chi connectivity index (χ2n) is 7.68. The van der Waals surface area contributed by atoms with Crippen molar-refractivity contribution in [1.29, 1.82) is 0 Å². The van der Waals surface area contributed by atoms with Gasteiger partial charge in [0.05, 0.1) is 13.2 Å². The summed E-state index contributed by atoms with van der Waals surface area (Å²) in [4.78, 5) is 13.3. The van der Waals surface area contributed by atoms with Crippen LogP contribution < -0.4 is 10.5 Å². The van der Waals surface area contributed by atoms with E-state index >= 15 is 0 Å². The topological polar surface area (TPSA) is 85.0 Å². The maximum Gasteiger partial charge on any atom is 0.237 e. The van der Waals surface area contributed by atoms with Gasteiger partial charge in [0.2, 0.25) is 5.91 Å². The highest BCUT2D eigenvalue weighted by atomic mass is 16.5. The first-order valence-electron chi connectivity index (χ1n) is 8.71. The lowest BCUT2D eigenvalue weighted by Gasteiger charge is -2.34. The lowest BCUT2D eigenvalue weighted by Crippen LogP contribution is -2.54. The largest absolute Gasteiger partial charge is 0.491 e. The molecule has 1 aliphatic rings. The molecule has 0 saturated carbocycles. The van der Waals surface area contributed by atoms with E-state index in [1.165, 1.54) is 5.56 Å². The number of nitrogens with two attached hydrogens (primary N) is 1. The molecule has 0 spiro atoms. The molecule has 1 saturated heterocycles. The van der Waals surface area contributed by atoms with E-state index in [9.17, 15) is 9.90 Å². The number of nitrogens with zero attached hydrogens (tertiary/aromatic N) is 1. The maximum atomic E-state index is 11.5. The van der Waals surface area contributed by atoms with Gasteiger partial charge < -0.3 is 20.3 Å². The third-order valence-electron chi connectivity index (χ3n) is 4.49. The van der Waals surface area contributed by atoms with Gasteiger partial charge in [-0.1, -0.05) is 32.9 Å². The summed E-state index contributed by atoms with van der Waals surface area (Å²) in [7, 11) is 0. The van der Waals surface area contributed by atoms with Gasteiger partial charge in [-0.05, 0) is 29.5 Å². The summed E-state index contributed by atoms with van der Waals surface area (Å²) in [5.41, 5.74) is 7.77. The van der Waals surface area contributed by atoms with Crippen LogP contribution in [0.25, 0.3) is 0 Å². The Morgan fingerprint density at radius 2 is 2.20 bits per heavy atom. The van der Waals surface area contributed by atoms with E-state index in [4.69, 9.17) is 15.2 Å². The molecule has 1 amide bonds. The van der Waals surface area contributed by atoms with E-state index in [2.05, 4.69) is 32.9 Å². The molecule has 0 radical (unpaired) electrons. The average Bonchev–Trinajstić information content (AvgIpc) is 2.53. The number of carbonyl (C=O) groups is 1. The smallest absolute Gasteiger partial charge is 0.237 e. The first-order valence-corrected chi connectivity index (χ1v) is 8.71. The fourth-order valence-electron chi connectivity index (χ4n) is 2.91. The van der Waals surface area contributed by atoms with Gasteiger partial charge in [0, 0.05) is 13.1 Å². The number of hydrogen-bond donors (Lipinski definition) is 2. The average molecular weight is 350 g/mol. The van der Waals surface area contributed by atoms with Gasteiger partial charge in [-0.2, -0.15) is 0 Å². The fourth-order valence-corrected chi connectivity index (χ4v) is 2.91. The zero-order chi connectivity index (χ0) is 18.6. The highest BCUT2D eigenvalue weighted by Crippen LogP contribution is 2.27. The molecule has 25 heavy (non-hydrogen) atoms. The first-order chi connectivity index (χ1) is 11.7. The van der Waals surface area contributed by atoms with Crippen molar-refractivity contribution in [3.05, 3.63) is 29.3 Å². The van der Waals surface area contributed by atoms with Crippen molar-refractivity contribution in [2.75, 3.05) is 32.9 Å². The van der Waals surface area contributed by atoms with Crippen LogP contribution in [0.1, 0.15) is 31.9 Å². The Morgan fingerprint density at radius 3 is 2.80 bits per heavy atom. The second kappa shape index (κ2) is 8.17. The summed E-state index contributed by atoms with van der Waals surface area (Å²) >= 11 is 0. The molecule has 1 aromatic rings. The van der Waals surface area contributed by atoms with Gasteiger partial charge in [-0.3, -0.25) is 9.69 Å². The minimum Gasteiger partial charge on any atom is -0.491 e.